The average molecular weight is 189 g/mol. The van der Waals surface area contributed by atoms with Crippen molar-refractivity contribution in [3.05, 3.63) is 0 Å². The zero-order valence-corrected chi connectivity index (χ0v) is 9.71. The van der Waals surface area contributed by atoms with E-state index in [4.69, 9.17) is 0 Å². The molecule has 74 valence electrons. The molecule has 0 amide bonds. The molecule has 1 atom stereocenters. The molecule has 0 saturated carbocycles. The van der Waals surface area contributed by atoms with Gasteiger partial charge in [0.25, 0.3) is 0 Å². The van der Waals surface area contributed by atoms with Crippen LogP contribution in [0.25, 0.3) is 0 Å². The third kappa shape index (κ3) is 6.99. The maximum absolute atomic E-state index is 3.52. The van der Waals surface area contributed by atoms with Gasteiger partial charge in [0.1, 0.15) is 0 Å². The summed E-state index contributed by atoms with van der Waals surface area (Å²) in [6, 6.07) is 0.659. The minimum atomic E-state index is 0.659. The molecule has 0 fully saturated rings. The maximum atomic E-state index is 3.52. The highest BCUT2D eigenvalue weighted by atomic mass is 32.2. The molecule has 0 aliphatic carbocycles. The summed E-state index contributed by atoms with van der Waals surface area (Å²) in [7, 11) is 0. The first-order chi connectivity index (χ1) is 5.68. The largest absolute Gasteiger partial charge is 0.313 e. The number of rotatable bonds is 7. The first-order valence-corrected chi connectivity index (χ1v) is 6.15. The standard InChI is InChI=1S/C10H23NS/c1-5-7-12-8-6-11-10(4)9(2)3/h9-11H,5-8H2,1-4H3. The summed E-state index contributed by atoms with van der Waals surface area (Å²) in [6.07, 6.45) is 1.30. The summed E-state index contributed by atoms with van der Waals surface area (Å²) in [5, 5.41) is 3.52. The van der Waals surface area contributed by atoms with Gasteiger partial charge in [0.2, 0.25) is 0 Å². The summed E-state index contributed by atoms with van der Waals surface area (Å²) in [5.74, 6) is 3.31. The molecule has 0 aromatic heterocycles. The van der Waals surface area contributed by atoms with Crippen LogP contribution < -0.4 is 5.32 Å². The van der Waals surface area contributed by atoms with Crippen LogP contribution in [0.4, 0.5) is 0 Å². The molecule has 0 heterocycles. The van der Waals surface area contributed by atoms with Crippen LogP contribution in [0.1, 0.15) is 34.1 Å². The van der Waals surface area contributed by atoms with Gasteiger partial charge in [-0.1, -0.05) is 20.8 Å². The molecular weight excluding hydrogens is 166 g/mol. The molecule has 0 aromatic carbocycles. The summed E-state index contributed by atoms with van der Waals surface area (Å²) >= 11 is 2.04. The number of hydrogen-bond acceptors (Lipinski definition) is 2. The Kier molecular flexibility index (Phi) is 8.14. The normalized spacial score (nSPS) is 13.8. The Labute approximate surface area is 81.7 Å². The van der Waals surface area contributed by atoms with E-state index in [1.807, 2.05) is 11.8 Å². The fourth-order valence-corrected chi connectivity index (χ4v) is 1.60. The molecule has 0 rings (SSSR count). The summed E-state index contributed by atoms with van der Waals surface area (Å²) < 4.78 is 0. The Morgan fingerprint density at radius 3 is 2.33 bits per heavy atom. The van der Waals surface area contributed by atoms with Gasteiger partial charge in [0.05, 0.1) is 0 Å². The summed E-state index contributed by atoms with van der Waals surface area (Å²) in [6.45, 7) is 10.2. The van der Waals surface area contributed by atoms with Crippen molar-refractivity contribution in [2.24, 2.45) is 5.92 Å². The van der Waals surface area contributed by atoms with E-state index in [9.17, 15) is 0 Å². The minimum Gasteiger partial charge on any atom is -0.313 e. The van der Waals surface area contributed by atoms with Gasteiger partial charge < -0.3 is 5.32 Å². The highest BCUT2D eigenvalue weighted by Gasteiger charge is 2.04. The predicted molar refractivity (Wildman–Crippen MR) is 59.9 cm³/mol. The Morgan fingerprint density at radius 1 is 1.17 bits per heavy atom. The van der Waals surface area contributed by atoms with Gasteiger partial charge in [-0.25, -0.2) is 0 Å². The molecule has 0 radical (unpaired) electrons. The fourth-order valence-electron chi connectivity index (χ4n) is 0.841. The fraction of sp³-hybridized carbons (Fsp3) is 1.00. The first kappa shape index (κ1) is 12.3. The minimum absolute atomic E-state index is 0.659. The second-order valence-electron chi connectivity index (χ2n) is 3.60. The second kappa shape index (κ2) is 7.93. The van der Waals surface area contributed by atoms with Crippen molar-refractivity contribution in [3.8, 4) is 0 Å². The lowest BCUT2D eigenvalue weighted by Gasteiger charge is -2.16. The van der Waals surface area contributed by atoms with E-state index in [-0.39, 0.29) is 0 Å². The molecule has 2 heteroatoms. The average Bonchev–Trinajstić information content (AvgIpc) is 2.03. The molecule has 0 bridgehead atoms. The van der Waals surface area contributed by atoms with Crippen LogP contribution in [-0.2, 0) is 0 Å². The van der Waals surface area contributed by atoms with Crippen LogP contribution in [0.2, 0.25) is 0 Å². The van der Waals surface area contributed by atoms with Gasteiger partial charge in [-0.15, -0.1) is 0 Å². The van der Waals surface area contributed by atoms with Crippen molar-refractivity contribution < 1.29 is 0 Å². The zero-order chi connectivity index (χ0) is 9.40. The SMILES string of the molecule is CCCSCCNC(C)C(C)C. The van der Waals surface area contributed by atoms with Crippen molar-refractivity contribution in [2.75, 3.05) is 18.1 Å². The van der Waals surface area contributed by atoms with Crippen LogP contribution in [0.3, 0.4) is 0 Å². The van der Waals surface area contributed by atoms with Crippen molar-refractivity contribution in [1.29, 1.82) is 0 Å². The summed E-state index contributed by atoms with van der Waals surface area (Å²) in [4.78, 5) is 0. The predicted octanol–water partition coefficient (Wildman–Crippen LogP) is 2.76. The lowest BCUT2D eigenvalue weighted by molar-refractivity contribution is 0.438. The number of thioether (sulfide) groups is 1. The van der Waals surface area contributed by atoms with E-state index in [0.29, 0.717) is 6.04 Å². The Bertz CT molecular complexity index is 93.8. The van der Waals surface area contributed by atoms with Crippen molar-refractivity contribution in [2.45, 2.75) is 40.2 Å². The van der Waals surface area contributed by atoms with E-state index >= 15 is 0 Å². The molecule has 12 heavy (non-hydrogen) atoms. The van der Waals surface area contributed by atoms with Crippen LogP contribution >= 0.6 is 11.8 Å². The second-order valence-corrected chi connectivity index (χ2v) is 4.82. The van der Waals surface area contributed by atoms with Crippen molar-refractivity contribution in [1.82, 2.24) is 5.32 Å². The van der Waals surface area contributed by atoms with E-state index in [1.165, 1.54) is 17.9 Å². The Morgan fingerprint density at radius 2 is 1.83 bits per heavy atom. The van der Waals surface area contributed by atoms with E-state index < -0.39 is 0 Å². The van der Waals surface area contributed by atoms with E-state index in [1.54, 1.807) is 0 Å². The lowest BCUT2D eigenvalue weighted by atomic mass is 10.1. The van der Waals surface area contributed by atoms with Gasteiger partial charge in [-0.05, 0) is 25.0 Å². The third-order valence-corrected chi connectivity index (χ3v) is 3.25. The molecule has 0 aliphatic heterocycles. The third-order valence-electron chi connectivity index (χ3n) is 2.06. The lowest BCUT2D eigenvalue weighted by Crippen LogP contribution is -2.32. The van der Waals surface area contributed by atoms with Gasteiger partial charge in [0.15, 0.2) is 0 Å². The van der Waals surface area contributed by atoms with Gasteiger partial charge in [0, 0.05) is 18.3 Å². The quantitative estimate of drug-likeness (QED) is 0.618. The molecule has 0 aromatic rings. The highest BCUT2D eigenvalue weighted by Crippen LogP contribution is 2.02. The van der Waals surface area contributed by atoms with Crippen LogP contribution in [0.15, 0.2) is 0 Å². The van der Waals surface area contributed by atoms with Crippen molar-refractivity contribution >= 4 is 11.8 Å². The molecule has 0 spiro atoms. The van der Waals surface area contributed by atoms with Gasteiger partial charge in [-0.2, -0.15) is 11.8 Å². The van der Waals surface area contributed by atoms with Crippen LogP contribution in [0, 0.1) is 5.92 Å². The number of nitrogens with one attached hydrogen (secondary N) is 1. The number of hydrogen-bond donors (Lipinski definition) is 1. The van der Waals surface area contributed by atoms with Crippen molar-refractivity contribution in [3.63, 3.8) is 0 Å². The van der Waals surface area contributed by atoms with Gasteiger partial charge >= 0.3 is 0 Å². The van der Waals surface area contributed by atoms with Crippen LogP contribution in [0.5, 0.6) is 0 Å². The molecule has 1 unspecified atom stereocenters. The Hall–Kier alpha value is 0.310. The Balaban J connectivity index is 3.08. The molecule has 1 nitrogen and oxygen atoms in total. The summed E-state index contributed by atoms with van der Waals surface area (Å²) in [5.41, 5.74) is 0. The molecule has 1 N–H and O–H groups in total. The van der Waals surface area contributed by atoms with E-state index in [2.05, 4.69) is 33.0 Å². The monoisotopic (exact) mass is 189 g/mol. The smallest absolute Gasteiger partial charge is 0.00620 e. The van der Waals surface area contributed by atoms with Gasteiger partial charge in [-0.3, -0.25) is 0 Å². The molecular formula is C10H23NS. The highest BCUT2D eigenvalue weighted by molar-refractivity contribution is 7.99. The molecule has 0 saturated heterocycles. The van der Waals surface area contributed by atoms with Crippen LogP contribution in [-0.4, -0.2) is 24.1 Å². The molecule has 0 aliphatic rings. The maximum Gasteiger partial charge on any atom is 0.00620 e. The zero-order valence-electron chi connectivity index (χ0n) is 8.89. The van der Waals surface area contributed by atoms with E-state index in [0.717, 1.165) is 12.5 Å². The first-order valence-electron chi connectivity index (χ1n) is 4.99. The topological polar surface area (TPSA) is 12.0 Å².